The molecule has 248 valence electrons. The lowest BCUT2D eigenvalue weighted by Crippen LogP contribution is -2.16. The minimum atomic E-state index is -0.235. The van der Waals surface area contributed by atoms with Gasteiger partial charge in [0.2, 0.25) is 0 Å². The van der Waals surface area contributed by atoms with E-state index in [1.165, 1.54) is 98.3 Å². The topological polar surface area (TPSA) is 18.1 Å². The Morgan fingerprint density at radius 2 is 1.00 bits per heavy atom. The van der Waals surface area contributed by atoms with Gasteiger partial charge in [0.05, 0.1) is 11.0 Å². The minimum Gasteiger partial charge on any atom is -0.456 e. The van der Waals surface area contributed by atoms with Crippen LogP contribution < -0.4 is 0 Å². The average Bonchev–Trinajstić information content (AvgIpc) is 3.82. The zero-order valence-electron chi connectivity index (χ0n) is 29.4. The molecule has 0 saturated heterocycles. The third-order valence-electron chi connectivity index (χ3n) is 12.1. The molecule has 12 rings (SSSR count). The Balaban J connectivity index is 1.06. The summed E-state index contributed by atoms with van der Waals surface area (Å²) in [5, 5.41) is 12.7. The van der Waals surface area contributed by atoms with Crippen molar-refractivity contribution in [2.45, 2.75) is 19.3 Å². The first-order valence-electron chi connectivity index (χ1n) is 18.5. The standard InChI is InChI=1S/C51H33NO/c1-51(2)45-29-48-44(39-16-8-10-18-47(39)53-48)28-43(45)40-25-26-41-38-15-7-9-17-46(38)52(50(41)49(40)51)32-22-19-30(20-23-32)31-21-24-37-35-13-4-3-11-33(35)34-12-5-6-14-36(34)42(37)27-31/h3-29H,1-2H3. The van der Waals surface area contributed by atoms with Crippen molar-refractivity contribution in [3.05, 3.63) is 175 Å². The minimum absolute atomic E-state index is 0.235. The number of rotatable bonds is 2. The normalized spacial score (nSPS) is 13.6. The third-order valence-corrected chi connectivity index (χ3v) is 12.1. The summed E-state index contributed by atoms with van der Waals surface area (Å²) in [5.74, 6) is 0. The highest BCUT2D eigenvalue weighted by molar-refractivity contribution is 6.25. The monoisotopic (exact) mass is 675 g/mol. The highest BCUT2D eigenvalue weighted by Gasteiger charge is 2.39. The molecule has 0 radical (unpaired) electrons. The van der Waals surface area contributed by atoms with E-state index >= 15 is 0 Å². The number of hydrogen-bond acceptors (Lipinski definition) is 1. The molecule has 53 heavy (non-hydrogen) atoms. The molecule has 0 aliphatic heterocycles. The van der Waals surface area contributed by atoms with Crippen LogP contribution in [-0.2, 0) is 5.41 Å². The lowest BCUT2D eigenvalue weighted by Gasteiger charge is -2.23. The first kappa shape index (κ1) is 29.0. The van der Waals surface area contributed by atoms with Gasteiger partial charge in [-0.3, -0.25) is 0 Å². The van der Waals surface area contributed by atoms with Crippen LogP contribution in [0.3, 0.4) is 0 Å². The van der Waals surface area contributed by atoms with Crippen molar-refractivity contribution in [1.29, 1.82) is 0 Å². The van der Waals surface area contributed by atoms with Gasteiger partial charge in [0.15, 0.2) is 0 Å². The number of aromatic nitrogens is 1. The third kappa shape index (κ3) is 3.82. The Morgan fingerprint density at radius 3 is 1.74 bits per heavy atom. The Kier molecular flexibility index (Phi) is 5.60. The summed E-state index contributed by atoms with van der Waals surface area (Å²) in [4.78, 5) is 0. The molecule has 0 N–H and O–H groups in total. The summed E-state index contributed by atoms with van der Waals surface area (Å²) in [7, 11) is 0. The maximum Gasteiger partial charge on any atom is 0.135 e. The first-order chi connectivity index (χ1) is 26.0. The summed E-state index contributed by atoms with van der Waals surface area (Å²) in [5.41, 5.74) is 13.0. The highest BCUT2D eigenvalue weighted by atomic mass is 16.3. The van der Waals surface area contributed by atoms with Crippen LogP contribution in [0.1, 0.15) is 25.0 Å². The van der Waals surface area contributed by atoms with Gasteiger partial charge in [-0.1, -0.05) is 135 Å². The van der Waals surface area contributed by atoms with Crippen molar-refractivity contribution in [3.63, 3.8) is 0 Å². The van der Waals surface area contributed by atoms with Crippen LogP contribution in [-0.4, -0.2) is 4.57 Å². The number of benzene rings is 9. The highest BCUT2D eigenvalue weighted by Crippen LogP contribution is 2.54. The maximum absolute atomic E-state index is 6.40. The quantitative estimate of drug-likeness (QED) is 0.167. The largest absolute Gasteiger partial charge is 0.456 e. The van der Waals surface area contributed by atoms with Crippen molar-refractivity contribution in [2.24, 2.45) is 0 Å². The number of hydrogen-bond donors (Lipinski definition) is 0. The summed E-state index contributed by atoms with van der Waals surface area (Å²) in [6, 6.07) is 60.4. The lowest BCUT2D eigenvalue weighted by atomic mass is 9.81. The molecule has 1 aliphatic rings. The van der Waals surface area contributed by atoms with E-state index in [1.807, 2.05) is 6.07 Å². The second kappa shape index (κ2) is 10.2. The number of para-hydroxylation sites is 2. The van der Waals surface area contributed by atoms with Gasteiger partial charge in [-0.15, -0.1) is 0 Å². The predicted octanol–water partition coefficient (Wildman–Crippen LogP) is 14.1. The molecule has 0 atom stereocenters. The van der Waals surface area contributed by atoms with Crippen molar-refractivity contribution in [1.82, 2.24) is 4.57 Å². The number of nitrogens with zero attached hydrogens (tertiary/aromatic N) is 1. The van der Waals surface area contributed by atoms with Crippen LogP contribution in [0, 0.1) is 0 Å². The van der Waals surface area contributed by atoms with Gasteiger partial charge in [0.1, 0.15) is 11.2 Å². The first-order valence-corrected chi connectivity index (χ1v) is 18.5. The molecule has 0 fully saturated rings. The molecule has 9 aromatic carbocycles. The molecule has 2 heterocycles. The van der Waals surface area contributed by atoms with E-state index in [0.29, 0.717) is 0 Å². The average molecular weight is 676 g/mol. The predicted molar refractivity (Wildman–Crippen MR) is 224 cm³/mol. The van der Waals surface area contributed by atoms with Gasteiger partial charge in [-0.25, -0.2) is 0 Å². The number of fused-ring (bicyclic) bond motifs is 16. The van der Waals surface area contributed by atoms with Crippen LogP contribution in [0.4, 0.5) is 0 Å². The van der Waals surface area contributed by atoms with E-state index in [2.05, 4.69) is 176 Å². The fourth-order valence-corrected chi connectivity index (χ4v) is 9.72. The molecule has 0 saturated carbocycles. The molecule has 2 heteroatoms. The van der Waals surface area contributed by atoms with Crippen molar-refractivity contribution >= 4 is 76.1 Å². The maximum atomic E-state index is 6.40. The Labute approximate surface area is 306 Å². The van der Waals surface area contributed by atoms with E-state index in [0.717, 1.165) is 16.9 Å². The lowest BCUT2D eigenvalue weighted by molar-refractivity contribution is 0.649. The van der Waals surface area contributed by atoms with E-state index in [1.54, 1.807) is 0 Å². The molecule has 0 bridgehead atoms. The van der Waals surface area contributed by atoms with Gasteiger partial charge < -0.3 is 8.98 Å². The van der Waals surface area contributed by atoms with Crippen LogP contribution in [0.25, 0.3) is 104 Å². The molecule has 11 aromatic rings. The summed E-state index contributed by atoms with van der Waals surface area (Å²) in [6.45, 7) is 4.76. The van der Waals surface area contributed by atoms with Crippen LogP contribution in [0.15, 0.2) is 168 Å². The summed E-state index contributed by atoms with van der Waals surface area (Å²) < 4.78 is 8.90. The van der Waals surface area contributed by atoms with Crippen molar-refractivity contribution in [3.8, 4) is 27.9 Å². The molecular weight excluding hydrogens is 643 g/mol. The smallest absolute Gasteiger partial charge is 0.135 e. The van der Waals surface area contributed by atoms with Crippen molar-refractivity contribution in [2.75, 3.05) is 0 Å². The second-order valence-corrected chi connectivity index (χ2v) is 15.3. The second-order valence-electron chi connectivity index (χ2n) is 15.3. The van der Waals surface area contributed by atoms with E-state index in [-0.39, 0.29) is 5.41 Å². The van der Waals surface area contributed by atoms with Gasteiger partial charge in [-0.05, 0) is 108 Å². The van der Waals surface area contributed by atoms with Gasteiger partial charge in [0, 0.05) is 32.6 Å². The number of furan rings is 1. The Bertz CT molecular complexity index is 3320. The van der Waals surface area contributed by atoms with E-state index in [4.69, 9.17) is 4.42 Å². The van der Waals surface area contributed by atoms with Gasteiger partial charge >= 0.3 is 0 Å². The Hall–Kier alpha value is -6.64. The zero-order valence-corrected chi connectivity index (χ0v) is 29.4. The fraction of sp³-hybridized carbons (Fsp3) is 0.0588. The van der Waals surface area contributed by atoms with Gasteiger partial charge in [-0.2, -0.15) is 0 Å². The van der Waals surface area contributed by atoms with Crippen LogP contribution >= 0.6 is 0 Å². The molecule has 2 nitrogen and oxygen atoms in total. The molecule has 0 amide bonds. The van der Waals surface area contributed by atoms with Crippen molar-refractivity contribution < 1.29 is 4.42 Å². The van der Waals surface area contributed by atoms with Crippen LogP contribution in [0.2, 0.25) is 0 Å². The zero-order chi connectivity index (χ0) is 35.0. The Morgan fingerprint density at radius 1 is 0.415 bits per heavy atom. The molecule has 1 aliphatic carbocycles. The molecule has 2 aromatic heterocycles. The van der Waals surface area contributed by atoms with Gasteiger partial charge in [0.25, 0.3) is 0 Å². The SMILES string of the molecule is CC1(C)c2cc3oc4ccccc4c3cc2-c2ccc3c4ccccc4n(-c4ccc(-c5ccc6c7ccccc7c7ccccc7c6c5)cc4)c3c21. The molecule has 0 unspecified atom stereocenters. The summed E-state index contributed by atoms with van der Waals surface area (Å²) in [6.07, 6.45) is 0. The van der Waals surface area contributed by atoms with Crippen LogP contribution in [0.5, 0.6) is 0 Å². The summed E-state index contributed by atoms with van der Waals surface area (Å²) >= 11 is 0. The molecule has 0 spiro atoms. The molecular formula is C51H33NO. The van der Waals surface area contributed by atoms with E-state index in [9.17, 15) is 0 Å². The fourth-order valence-electron chi connectivity index (χ4n) is 9.72. The van der Waals surface area contributed by atoms with E-state index < -0.39 is 0 Å².